The van der Waals surface area contributed by atoms with Gasteiger partial charge in [0.2, 0.25) is 0 Å². The normalized spacial score (nSPS) is 19.7. The molecule has 0 aromatic heterocycles. The first-order valence-electron chi connectivity index (χ1n) is 3.97. The number of rotatable bonds is 3. The van der Waals surface area contributed by atoms with Crippen molar-refractivity contribution >= 4 is 26.4 Å². The van der Waals surface area contributed by atoms with E-state index < -0.39 is 0 Å². The monoisotopic (exact) mass is 252 g/mol. The topological polar surface area (TPSA) is 17.1 Å². The highest BCUT2D eigenvalue weighted by molar-refractivity contribution is 14.1. The molecule has 0 N–H and O–H groups in total. The molecular formula is C8H13IO. The van der Waals surface area contributed by atoms with Crippen LogP contribution in [-0.2, 0) is 4.79 Å². The molecule has 0 aromatic carbocycles. The van der Waals surface area contributed by atoms with Crippen LogP contribution in [0.25, 0.3) is 0 Å². The summed E-state index contributed by atoms with van der Waals surface area (Å²) in [5, 5.41) is 0. The minimum Gasteiger partial charge on any atom is -0.288 e. The standard InChI is InChI=1S/C8H13IO/c9-8(10)6-5-7-3-1-2-4-7/h7H,1-6H2. The Morgan fingerprint density at radius 1 is 1.40 bits per heavy atom. The SMILES string of the molecule is O=C(I)CCC1CCCC1. The van der Waals surface area contributed by atoms with Gasteiger partial charge in [0.25, 0.3) is 0 Å². The Bertz CT molecular complexity index is 116. The van der Waals surface area contributed by atoms with Gasteiger partial charge in [-0.3, -0.25) is 4.79 Å². The number of carbonyl (C=O) groups excluding carboxylic acids is 1. The van der Waals surface area contributed by atoms with E-state index in [9.17, 15) is 4.79 Å². The molecule has 1 rings (SSSR count). The molecule has 0 bridgehead atoms. The van der Waals surface area contributed by atoms with Crippen molar-refractivity contribution in [3.8, 4) is 0 Å². The summed E-state index contributed by atoms with van der Waals surface area (Å²) in [5.41, 5.74) is 0. The third-order valence-electron chi connectivity index (χ3n) is 2.22. The predicted octanol–water partition coefficient (Wildman–Crippen LogP) is 2.92. The molecule has 58 valence electrons. The molecular weight excluding hydrogens is 239 g/mol. The molecule has 0 radical (unpaired) electrons. The van der Waals surface area contributed by atoms with Gasteiger partial charge in [-0.1, -0.05) is 25.7 Å². The molecule has 0 unspecified atom stereocenters. The molecule has 1 saturated carbocycles. The summed E-state index contributed by atoms with van der Waals surface area (Å²) in [6.07, 6.45) is 7.45. The van der Waals surface area contributed by atoms with Crippen LogP contribution in [-0.4, -0.2) is 3.79 Å². The Balaban J connectivity index is 2.07. The van der Waals surface area contributed by atoms with Crippen molar-refractivity contribution in [3.63, 3.8) is 0 Å². The van der Waals surface area contributed by atoms with Gasteiger partial charge in [0, 0.05) is 6.42 Å². The van der Waals surface area contributed by atoms with Crippen molar-refractivity contribution in [3.05, 3.63) is 0 Å². The number of carbonyl (C=O) groups is 1. The second kappa shape index (κ2) is 4.31. The van der Waals surface area contributed by atoms with Gasteiger partial charge in [-0.2, -0.15) is 0 Å². The number of hydrogen-bond donors (Lipinski definition) is 0. The summed E-state index contributed by atoms with van der Waals surface area (Å²) >= 11 is 1.89. The zero-order valence-corrected chi connectivity index (χ0v) is 8.26. The molecule has 1 aliphatic carbocycles. The summed E-state index contributed by atoms with van der Waals surface area (Å²) in [4.78, 5) is 10.6. The first kappa shape index (κ1) is 8.50. The summed E-state index contributed by atoms with van der Waals surface area (Å²) in [6.45, 7) is 0. The lowest BCUT2D eigenvalue weighted by atomic mass is 10.0. The fourth-order valence-electron chi connectivity index (χ4n) is 1.62. The van der Waals surface area contributed by atoms with Crippen LogP contribution in [0, 0.1) is 5.92 Å². The van der Waals surface area contributed by atoms with E-state index in [0.29, 0.717) is 3.79 Å². The van der Waals surface area contributed by atoms with Crippen molar-refractivity contribution in [2.24, 2.45) is 5.92 Å². The summed E-state index contributed by atoms with van der Waals surface area (Å²) < 4.78 is 0.324. The lowest BCUT2D eigenvalue weighted by molar-refractivity contribution is -0.109. The third kappa shape index (κ3) is 2.99. The predicted molar refractivity (Wildman–Crippen MR) is 50.2 cm³/mol. The van der Waals surface area contributed by atoms with Crippen molar-refractivity contribution in [1.29, 1.82) is 0 Å². The van der Waals surface area contributed by atoms with E-state index in [2.05, 4.69) is 0 Å². The lowest BCUT2D eigenvalue weighted by Gasteiger charge is -2.04. The van der Waals surface area contributed by atoms with Crippen molar-refractivity contribution in [2.75, 3.05) is 0 Å². The quantitative estimate of drug-likeness (QED) is 0.557. The van der Waals surface area contributed by atoms with Gasteiger partial charge in [0.1, 0.15) is 0 Å². The molecule has 1 fully saturated rings. The molecule has 1 nitrogen and oxygen atoms in total. The Labute approximate surface area is 75.7 Å². The van der Waals surface area contributed by atoms with Gasteiger partial charge in [0.15, 0.2) is 3.79 Å². The van der Waals surface area contributed by atoms with E-state index in [1.54, 1.807) is 0 Å². The second-order valence-electron chi connectivity index (χ2n) is 3.04. The van der Waals surface area contributed by atoms with Gasteiger partial charge in [-0.15, -0.1) is 0 Å². The Kier molecular flexibility index (Phi) is 3.66. The Hall–Kier alpha value is 0.400. The average Bonchev–Trinajstić information content (AvgIpc) is 2.34. The molecule has 0 amide bonds. The third-order valence-corrected chi connectivity index (χ3v) is 2.76. The van der Waals surface area contributed by atoms with Gasteiger partial charge < -0.3 is 0 Å². The van der Waals surface area contributed by atoms with Crippen LogP contribution in [0.4, 0.5) is 0 Å². The van der Waals surface area contributed by atoms with Crippen molar-refractivity contribution in [1.82, 2.24) is 0 Å². The first-order chi connectivity index (χ1) is 4.79. The molecule has 0 heterocycles. The van der Waals surface area contributed by atoms with Crippen LogP contribution in [0.1, 0.15) is 38.5 Å². The van der Waals surface area contributed by atoms with Gasteiger partial charge in [0.05, 0.1) is 0 Å². The minimum atomic E-state index is 0.324. The molecule has 0 saturated heterocycles. The van der Waals surface area contributed by atoms with E-state index in [1.807, 2.05) is 22.6 Å². The van der Waals surface area contributed by atoms with E-state index in [4.69, 9.17) is 0 Å². The van der Waals surface area contributed by atoms with Crippen LogP contribution in [0.15, 0.2) is 0 Å². The minimum absolute atomic E-state index is 0.324. The summed E-state index contributed by atoms with van der Waals surface area (Å²) in [7, 11) is 0. The van der Waals surface area contributed by atoms with Crippen molar-refractivity contribution < 1.29 is 4.79 Å². The zero-order chi connectivity index (χ0) is 7.40. The van der Waals surface area contributed by atoms with E-state index in [1.165, 1.54) is 25.7 Å². The number of halogens is 1. The molecule has 0 atom stereocenters. The largest absolute Gasteiger partial charge is 0.288 e. The first-order valence-corrected chi connectivity index (χ1v) is 5.05. The van der Waals surface area contributed by atoms with Crippen LogP contribution < -0.4 is 0 Å². The average molecular weight is 252 g/mol. The zero-order valence-electron chi connectivity index (χ0n) is 6.11. The highest BCUT2D eigenvalue weighted by atomic mass is 127. The van der Waals surface area contributed by atoms with Gasteiger partial charge in [-0.25, -0.2) is 0 Å². The molecule has 0 aliphatic heterocycles. The van der Waals surface area contributed by atoms with Crippen LogP contribution in [0.3, 0.4) is 0 Å². The second-order valence-corrected chi connectivity index (χ2v) is 4.25. The molecule has 0 spiro atoms. The number of hydrogen-bond acceptors (Lipinski definition) is 1. The Morgan fingerprint density at radius 2 is 2.00 bits per heavy atom. The maximum absolute atomic E-state index is 10.6. The fourth-order valence-corrected chi connectivity index (χ4v) is 1.93. The maximum atomic E-state index is 10.6. The van der Waals surface area contributed by atoms with E-state index in [0.717, 1.165) is 18.8 Å². The van der Waals surface area contributed by atoms with Crippen LogP contribution >= 0.6 is 22.6 Å². The van der Waals surface area contributed by atoms with E-state index >= 15 is 0 Å². The van der Waals surface area contributed by atoms with Crippen LogP contribution in [0.2, 0.25) is 0 Å². The van der Waals surface area contributed by atoms with Crippen LogP contribution in [0.5, 0.6) is 0 Å². The molecule has 0 aromatic rings. The maximum Gasteiger partial charge on any atom is 0.192 e. The van der Waals surface area contributed by atoms with Crippen molar-refractivity contribution in [2.45, 2.75) is 38.5 Å². The fraction of sp³-hybridized carbons (Fsp3) is 0.875. The highest BCUT2D eigenvalue weighted by Crippen LogP contribution is 2.28. The van der Waals surface area contributed by atoms with Gasteiger partial charge in [-0.05, 0) is 34.9 Å². The molecule has 1 aliphatic rings. The Morgan fingerprint density at radius 3 is 2.50 bits per heavy atom. The molecule has 2 heteroatoms. The van der Waals surface area contributed by atoms with Gasteiger partial charge >= 0.3 is 0 Å². The van der Waals surface area contributed by atoms with E-state index in [-0.39, 0.29) is 0 Å². The molecule has 10 heavy (non-hydrogen) atoms. The lowest BCUT2D eigenvalue weighted by Crippen LogP contribution is -1.95. The summed E-state index contributed by atoms with van der Waals surface area (Å²) in [5.74, 6) is 0.874. The highest BCUT2D eigenvalue weighted by Gasteiger charge is 2.14. The summed E-state index contributed by atoms with van der Waals surface area (Å²) in [6, 6.07) is 0. The smallest absolute Gasteiger partial charge is 0.192 e.